The Labute approximate surface area is 121 Å². The third-order valence-corrected chi connectivity index (χ3v) is 3.52. The summed E-state index contributed by atoms with van der Waals surface area (Å²) in [5.41, 5.74) is 4.13. The molecule has 1 unspecified atom stereocenters. The second kappa shape index (κ2) is 6.25. The van der Waals surface area contributed by atoms with Crippen LogP contribution in [0.5, 0.6) is 0 Å². The Balaban J connectivity index is 2.16. The summed E-state index contributed by atoms with van der Waals surface area (Å²) in [5, 5.41) is 12.5. The van der Waals surface area contributed by atoms with Crippen molar-refractivity contribution in [2.45, 2.75) is 32.7 Å². The first kappa shape index (κ1) is 14.1. The molecule has 0 aliphatic heterocycles. The van der Waals surface area contributed by atoms with Crippen LogP contribution in [0.3, 0.4) is 0 Å². The molecule has 102 valence electrons. The highest BCUT2D eigenvalue weighted by Crippen LogP contribution is 2.23. The van der Waals surface area contributed by atoms with Gasteiger partial charge in [-0.3, -0.25) is 0 Å². The first-order chi connectivity index (χ1) is 9.61. The summed E-state index contributed by atoms with van der Waals surface area (Å²) in [7, 11) is 0. The number of benzene rings is 2. The van der Waals surface area contributed by atoms with E-state index in [0.717, 1.165) is 5.69 Å². The van der Waals surface area contributed by atoms with Gasteiger partial charge < -0.3 is 5.32 Å². The zero-order valence-electron chi connectivity index (χ0n) is 12.2. The van der Waals surface area contributed by atoms with Crippen molar-refractivity contribution in [1.29, 1.82) is 5.26 Å². The largest absolute Gasteiger partial charge is 0.377 e. The molecule has 0 bridgehead atoms. The van der Waals surface area contributed by atoms with E-state index >= 15 is 0 Å². The van der Waals surface area contributed by atoms with Gasteiger partial charge in [0.05, 0.1) is 11.3 Å². The maximum Gasteiger partial charge on any atom is 0.101 e. The van der Waals surface area contributed by atoms with E-state index < -0.39 is 0 Å². The molecule has 0 saturated heterocycles. The van der Waals surface area contributed by atoms with Crippen molar-refractivity contribution < 1.29 is 0 Å². The molecule has 2 heteroatoms. The average molecular weight is 264 g/mol. The molecular weight excluding hydrogens is 244 g/mol. The highest BCUT2D eigenvalue weighted by molar-refractivity contribution is 5.58. The lowest BCUT2D eigenvalue weighted by Crippen LogP contribution is -2.07. The first-order valence-corrected chi connectivity index (χ1v) is 6.97. The van der Waals surface area contributed by atoms with Crippen LogP contribution in [-0.2, 0) is 0 Å². The molecule has 1 N–H and O–H groups in total. The predicted octanol–water partition coefficient (Wildman–Crippen LogP) is 4.85. The number of hydrogen-bond acceptors (Lipinski definition) is 2. The maximum absolute atomic E-state index is 9.11. The van der Waals surface area contributed by atoms with Crippen LogP contribution in [0, 0.1) is 11.3 Å². The smallest absolute Gasteiger partial charge is 0.101 e. The van der Waals surface area contributed by atoms with E-state index in [1.807, 2.05) is 24.3 Å². The number of nitrogens with zero attached hydrogens (tertiary/aromatic N) is 1. The van der Waals surface area contributed by atoms with E-state index in [0.29, 0.717) is 11.5 Å². The summed E-state index contributed by atoms with van der Waals surface area (Å²) in [6.07, 6.45) is 0. The lowest BCUT2D eigenvalue weighted by molar-refractivity contribution is 0.852. The number of nitrogens with one attached hydrogen (secondary N) is 1. The van der Waals surface area contributed by atoms with Crippen molar-refractivity contribution in [2.75, 3.05) is 5.32 Å². The highest BCUT2D eigenvalue weighted by Gasteiger charge is 2.08. The fraction of sp³-hybridized carbons (Fsp3) is 0.278. The van der Waals surface area contributed by atoms with Crippen LogP contribution in [0.2, 0.25) is 0 Å². The Bertz CT molecular complexity index is 606. The van der Waals surface area contributed by atoms with Gasteiger partial charge in [0.25, 0.3) is 0 Å². The molecule has 2 nitrogen and oxygen atoms in total. The van der Waals surface area contributed by atoms with Crippen molar-refractivity contribution in [2.24, 2.45) is 0 Å². The van der Waals surface area contributed by atoms with Crippen LogP contribution in [0.1, 0.15) is 49.4 Å². The van der Waals surface area contributed by atoms with Crippen LogP contribution < -0.4 is 5.32 Å². The topological polar surface area (TPSA) is 35.8 Å². The summed E-state index contributed by atoms with van der Waals surface area (Å²) in [4.78, 5) is 0. The van der Waals surface area contributed by atoms with Crippen LogP contribution in [0.4, 0.5) is 5.69 Å². The average Bonchev–Trinajstić information content (AvgIpc) is 2.48. The molecule has 0 spiro atoms. The summed E-state index contributed by atoms with van der Waals surface area (Å²) in [6.45, 7) is 6.50. The minimum Gasteiger partial charge on any atom is -0.377 e. The summed E-state index contributed by atoms with van der Waals surface area (Å²) < 4.78 is 0. The molecule has 1 atom stereocenters. The Morgan fingerprint density at radius 1 is 0.900 bits per heavy atom. The molecule has 0 radical (unpaired) electrons. The second-order valence-electron chi connectivity index (χ2n) is 5.34. The van der Waals surface area contributed by atoms with Gasteiger partial charge in [-0.05, 0) is 36.1 Å². The van der Waals surface area contributed by atoms with Crippen molar-refractivity contribution in [1.82, 2.24) is 0 Å². The number of hydrogen-bond donors (Lipinski definition) is 1. The SMILES string of the molecule is CC(C)c1ccc(C(C)Nc2ccccc2C#N)cc1. The van der Waals surface area contributed by atoms with E-state index in [2.05, 4.69) is 56.4 Å². The molecule has 2 rings (SSSR count). The molecule has 0 fully saturated rings. The Hall–Kier alpha value is -2.27. The van der Waals surface area contributed by atoms with Crippen molar-refractivity contribution in [3.05, 3.63) is 65.2 Å². The van der Waals surface area contributed by atoms with Gasteiger partial charge in [0.1, 0.15) is 6.07 Å². The minimum absolute atomic E-state index is 0.172. The van der Waals surface area contributed by atoms with Crippen molar-refractivity contribution in [3.63, 3.8) is 0 Å². The van der Waals surface area contributed by atoms with Crippen molar-refractivity contribution >= 4 is 5.69 Å². The van der Waals surface area contributed by atoms with Gasteiger partial charge in [-0.15, -0.1) is 0 Å². The number of anilines is 1. The summed E-state index contributed by atoms with van der Waals surface area (Å²) in [6, 6.07) is 18.6. The van der Waals surface area contributed by atoms with Gasteiger partial charge in [-0.25, -0.2) is 0 Å². The monoisotopic (exact) mass is 264 g/mol. The zero-order chi connectivity index (χ0) is 14.5. The number of rotatable bonds is 4. The van der Waals surface area contributed by atoms with Crippen molar-refractivity contribution in [3.8, 4) is 6.07 Å². The lowest BCUT2D eigenvalue weighted by Gasteiger charge is -2.17. The van der Waals surface area contributed by atoms with E-state index in [4.69, 9.17) is 5.26 Å². The normalized spacial score (nSPS) is 11.9. The van der Waals surface area contributed by atoms with E-state index in [1.165, 1.54) is 11.1 Å². The van der Waals surface area contributed by atoms with Gasteiger partial charge in [0.2, 0.25) is 0 Å². The molecule has 20 heavy (non-hydrogen) atoms. The highest BCUT2D eigenvalue weighted by atomic mass is 14.9. The quantitative estimate of drug-likeness (QED) is 0.856. The molecule has 0 aliphatic carbocycles. The van der Waals surface area contributed by atoms with Gasteiger partial charge in [0, 0.05) is 6.04 Å². The Morgan fingerprint density at radius 2 is 1.50 bits per heavy atom. The maximum atomic E-state index is 9.11. The molecule has 2 aromatic rings. The molecule has 0 saturated carbocycles. The molecule has 0 aliphatic rings. The molecule has 0 heterocycles. The molecule has 0 amide bonds. The van der Waals surface area contributed by atoms with E-state index in [1.54, 1.807) is 0 Å². The standard InChI is InChI=1S/C18H20N2/c1-13(2)15-8-10-16(11-9-15)14(3)20-18-7-5-4-6-17(18)12-19/h4-11,13-14,20H,1-3H3. The summed E-state index contributed by atoms with van der Waals surface area (Å²) in [5.74, 6) is 0.548. The van der Waals surface area contributed by atoms with Gasteiger partial charge in [-0.2, -0.15) is 5.26 Å². The lowest BCUT2D eigenvalue weighted by atomic mass is 9.99. The zero-order valence-corrected chi connectivity index (χ0v) is 12.2. The van der Waals surface area contributed by atoms with Crippen LogP contribution in [0.25, 0.3) is 0 Å². The third-order valence-electron chi connectivity index (χ3n) is 3.52. The fourth-order valence-corrected chi connectivity index (χ4v) is 2.19. The van der Waals surface area contributed by atoms with Gasteiger partial charge in [-0.1, -0.05) is 50.2 Å². The third kappa shape index (κ3) is 3.19. The van der Waals surface area contributed by atoms with Crippen LogP contribution in [-0.4, -0.2) is 0 Å². The predicted molar refractivity (Wildman–Crippen MR) is 83.7 cm³/mol. The van der Waals surface area contributed by atoms with Gasteiger partial charge >= 0.3 is 0 Å². The Kier molecular flexibility index (Phi) is 4.42. The van der Waals surface area contributed by atoms with Crippen LogP contribution >= 0.6 is 0 Å². The van der Waals surface area contributed by atoms with E-state index in [9.17, 15) is 0 Å². The molecule has 0 aromatic heterocycles. The summed E-state index contributed by atoms with van der Waals surface area (Å²) >= 11 is 0. The minimum atomic E-state index is 0.172. The first-order valence-electron chi connectivity index (χ1n) is 6.97. The molecule has 2 aromatic carbocycles. The number of para-hydroxylation sites is 1. The van der Waals surface area contributed by atoms with E-state index in [-0.39, 0.29) is 6.04 Å². The fourth-order valence-electron chi connectivity index (χ4n) is 2.19. The molecular formula is C18H20N2. The second-order valence-corrected chi connectivity index (χ2v) is 5.34. The Morgan fingerprint density at radius 3 is 2.10 bits per heavy atom. The number of nitriles is 1. The van der Waals surface area contributed by atoms with Crippen LogP contribution in [0.15, 0.2) is 48.5 Å². The van der Waals surface area contributed by atoms with Gasteiger partial charge in [0.15, 0.2) is 0 Å².